The van der Waals surface area contributed by atoms with E-state index in [0.29, 0.717) is 30.6 Å². The van der Waals surface area contributed by atoms with E-state index in [-0.39, 0.29) is 23.9 Å². The molecule has 2 aromatic carbocycles. The lowest BCUT2D eigenvalue weighted by atomic mass is 9.92. The van der Waals surface area contributed by atoms with Gasteiger partial charge in [-0.15, -0.1) is 0 Å². The van der Waals surface area contributed by atoms with Gasteiger partial charge in [0.25, 0.3) is 0 Å². The zero-order valence-electron chi connectivity index (χ0n) is 20.1. The number of hydrogen-bond donors (Lipinski definition) is 0. The fourth-order valence-corrected chi connectivity index (χ4v) is 4.45. The average Bonchev–Trinajstić information content (AvgIpc) is 3.40. The summed E-state index contributed by atoms with van der Waals surface area (Å²) in [6, 6.07) is 20.7. The summed E-state index contributed by atoms with van der Waals surface area (Å²) < 4.78 is 22.9. The number of carbonyl (C=O) groups is 1. The zero-order chi connectivity index (χ0) is 24.1. The van der Waals surface area contributed by atoms with Gasteiger partial charge in [-0.3, -0.25) is 4.79 Å². The lowest BCUT2D eigenvalue weighted by Gasteiger charge is -2.17. The van der Waals surface area contributed by atoms with E-state index in [1.807, 2.05) is 80.6 Å². The summed E-state index contributed by atoms with van der Waals surface area (Å²) in [6.45, 7) is 8.76. The molecule has 0 bridgehead atoms. The van der Waals surface area contributed by atoms with Gasteiger partial charge < -0.3 is 18.9 Å². The Balaban J connectivity index is 1.32. The van der Waals surface area contributed by atoms with Crippen molar-refractivity contribution in [2.75, 3.05) is 13.2 Å². The molecule has 2 unspecified atom stereocenters. The number of carbonyl (C=O) groups excluding carboxylic acids is 1. The van der Waals surface area contributed by atoms with Crippen LogP contribution in [0, 0.1) is 11.8 Å². The van der Waals surface area contributed by atoms with Gasteiger partial charge in [0, 0.05) is 12.3 Å². The summed E-state index contributed by atoms with van der Waals surface area (Å²) in [5.41, 5.74) is 0.425. The molecule has 1 aromatic heterocycles. The highest BCUT2D eigenvalue weighted by atomic mass is 16.5. The largest absolute Gasteiger partial charge is 0.490 e. The molecule has 6 heteroatoms. The number of hydrogen-bond acceptors (Lipinski definition) is 6. The quantitative estimate of drug-likeness (QED) is 0.355. The second-order valence-corrected chi connectivity index (χ2v) is 8.67. The second-order valence-electron chi connectivity index (χ2n) is 8.67. The van der Waals surface area contributed by atoms with Crippen LogP contribution in [0.4, 0.5) is 0 Å². The monoisotopic (exact) mass is 461 g/mol. The fourth-order valence-electron chi connectivity index (χ4n) is 4.45. The third-order valence-electron chi connectivity index (χ3n) is 6.53. The molecule has 1 aliphatic carbocycles. The van der Waals surface area contributed by atoms with Crippen molar-refractivity contribution < 1.29 is 23.7 Å². The zero-order valence-corrected chi connectivity index (χ0v) is 20.1. The van der Waals surface area contributed by atoms with Crippen LogP contribution in [0.2, 0.25) is 0 Å². The number of esters is 1. The number of ether oxygens (including phenoxy) is 4. The summed E-state index contributed by atoms with van der Waals surface area (Å²) in [6.07, 6.45) is 1.56. The van der Waals surface area contributed by atoms with Crippen LogP contribution in [0.3, 0.4) is 0 Å². The maximum Gasteiger partial charge on any atom is 0.317 e. The van der Waals surface area contributed by atoms with Crippen LogP contribution in [0.5, 0.6) is 23.1 Å². The summed E-state index contributed by atoms with van der Waals surface area (Å²) in [7, 11) is 0. The molecular formula is C28H31NO5. The molecule has 0 saturated heterocycles. The average molecular weight is 462 g/mol. The van der Waals surface area contributed by atoms with Gasteiger partial charge in [0.05, 0.1) is 12.0 Å². The standard InChI is InChI=1S/C28H31NO5/c1-5-31-27(30)28(20(3)21(28)4)22-9-11-24(12-10-22)34-25-15-13-23(14-16-25)32-18-19(2)33-26-8-6-7-17-29-26/h6-17,19-21H,5,18H2,1-4H3/t19?,20-,21+,28?. The van der Waals surface area contributed by atoms with Crippen LogP contribution in [0.15, 0.2) is 72.9 Å². The Kier molecular flexibility index (Phi) is 7.06. The predicted octanol–water partition coefficient (Wildman–Crippen LogP) is 5.81. The van der Waals surface area contributed by atoms with Crippen molar-refractivity contribution in [2.24, 2.45) is 11.8 Å². The molecule has 1 heterocycles. The summed E-state index contributed by atoms with van der Waals surface area (Å²) >= 11 is 0. The topological polar surface area (TPSA) is 66.9 Å². The maximum absolute atomic E-state index is 12.7. The Hall–Kier alpha value is -3.54. The molecule has 1 saturated carbocycles. The lowest BCUT2D eigenvalue weighted by molar-refractivity contribution is -0.147. The fraction of sp³-hybridized carbons (Fsp3) is 0.357. The van der Waals surface area contributed by atoms with E-state index in [4.69, 9.17) is 18.9 Å². The van der Waals surface area contributed by atoms with Crippen molar-refractivity contribution in [3.63, 3.8) is 0 Å². The molecule has 4 atom stereocenters. The number of aromatic nitrogens is 1. The van der Waals surface area contributed by atoms with Crippen molar-refractivity contribution in [3.05, 3.63) is 78.5 Å². The normalized spacial score (nSPS) is 21.9. The predicted molar refractivity (Wildman–Crippen MR) is 129 cm³/mol. The highest BCUT2D eigenvalue weighted by Gasteiger charge is 2.66. The molecular weight excluding hydrogens is 430 g/mol. The maximum atomic E-state index is 12.7. The van der Waals surface area contributed by atoms with Gasteiger partial charge >= 0.3 is 5.97 Å². The molecule has 3 aromatic rings. The first-order valence-electron chi connectivity index (χ1n) is 11.7. The van der Waals surface area contributed by atoms with E-state index < -0.39 is 5.41 Å². The van der Waals surface area contributed by atoms with Crippen LogP contribution in [0.25, 0.3) is 0 Å². The van der Waals surface area contributed by atoms with E-state index >= 15 is 0 Å². The molecule has 34 heavy (non-hydrogen) atoms. The SMILES string of the molecule is CCOC(=O)C1(c2ccc(Oc3ccc(OCC(C)Oc4ccccn4)cc3)cc2)[C@H](C)[C@@H]1C. The van der Waals surface area contributed by atoms with Crippen molar-refractivity contribution in [1.29, 1.82) is 0 Å². The summed E-state index contributed by atoms with van der Waals surface area (Å²) in [5, 5.41) is 0. The van der Waals surface area contributed by atoms with Gasteiger partial charge in [0.1, 0.15) is 30.0 Å². The molecule has 4 rings (SSSR count). The molecule has 6 nitrogen and oxygen atoms in total. The molecule has 0 radical (unpaired) electrons. The highest BCUT2D eigenvalue weighted by molar-refractivity contribution is 5.88. The second kappa shape index (κ2) is 10.2. The van der Waals surface area contributed by atoms with Gasteiger partial charge in [-0.1, -0.05) is 32.0 Å². The first kappa shape index (κ1) is 23.6. The molecule has 0 N–H and O–H groups in total. The van der Waals surface area contributed by atoms with Gasteiger partial charge in [0.15, 0.2) is 0 Å². The molecule has 0 amide bonds. The number of pyridine rings is 1. The van der Waals surface area contributed by atoms with Crippen molar-refractivity contribution >= 4 is 5.97 Å². The van der Waals surface area contributed by atoms with Crippen LogP contribution in [-0.4, -0.2) is 30.3 Å². The van der Waals surface area contributed by atoms with E-state index in [1.165, 1.54) is 0 Å². The highest BCUT2D eigenvalue weighted by Crippen LogP contribution is 2.60. The van der Waals surface area contributed by atoms with E-state index in [2.05, 4.69) is 18.8 Å². The molecule has 1 aliphatic rings. The van der Waals surface area contributed by atoms with E-state index in [1.54, 1.807) is 6.20 Å². The summed E-state index contributed by atoms with van der Waals surface area (Å²) in [5.74, 6) is 3.07. The van der Waals surface area contributed by atoms with Gasteiger partial charge in [-0.05, 0) is 73.7 Å². The lowest BCUT2D eigenvalue weighted by Crippen LogP contribution is -2.26. The number of benzene rings is 2. The summed E-state index contributed by atoms with van der Waals surface area (Å²) in [4.78, 5) is 16.8. The van der Waals surface area contributed by atoms with Crippen LogP contribution < -0.4 is 14.2 Å². The van der Waals surface area contributed by atoms with Crippen molar-refractivity contribution in [2.45, 2.75) is 39.2 Å². The minimum atomic E-state index is -0.551. The minimum Gasteiger partial charge on any atom is -0.490 e. The Morgan fingerprint density at radius 2 is 1.56 bits per heavy atom. The molecule has 178 valence electrons. The Bertz CT molecular complexity index is 1070. The minimum absolute atomic E-state index is 0.140. The Morgan fingerprint density at radius 1 is 0.941 bits per heavy atom. The molecule has 0 spiro atoms. The van der Waals surface area contributed by atoms with Gasteiger partial charge in [-0.2, -0.15) is 0 Å². The van der Waals surface area contributed by atoms with E-state index in [9.17, 15) is 4.79 Å². The number of nitrogens with zero attached hydrogens (tertiary/aromatic N) is 1. The molecule has 1 fully saturated rings. The van der Waals surface area contributed by atoms with Crippen LogP contribution in [-0.2, 0) is 14.9 Å². The third kappa shape index (κ3) is 4.86. The van der Waals surface area contributed by atoms with Crippen LogP contribution >= 0.6 is 0 Å². The Labute approximate surface area is 200 Å². The third-order valence-corrected chi connectivity index (χ3v) is 6.53. The van der Waals surface area contributed by atoms with E-state index in [0.717, 1.165) is 11.3 Å². The number of rotatable bonds is 10. The first-order valence-corrected chi connectivity index (χ1v) is 11.7. The van der Waals surface area contributed by atoms with Gasteiger partial charge in [0.2, 0.25) is 5.88 Å². The van der Waals surface area contributed by atoms with Crippen molar-refractivity contribution in [3.8, 4) is 23.1 Å². The van der Waals surface area contributed by atoms with Crippen molar-refractivity contribution in [1.82, 2.24) is 4.98 Å². The van der Waals surface area contributed by atoms with Gasteiger partial charge in [-0.25, -0.2) is 4.98 Å². The van der Waals surface area contributed by atoms with Crippen LogP contribution in [0.1, 0.15) is 33.3 Å². The first-order chi connectivity index (χ1) is 16.4. The smallest absolute Gasteiger partial charge is 0.317 e. The molecule has 0 aliphatic heterocycles. The Morgan fingerprint density at radius 3 is 2.12 bits per heavy atom.